The van der Waals surface area contributed by atoms with Gasteiger partial charge in [-0.05, 0) is 35.9 Å². The number of nitrogens with one attached hydrogen (secondary N) is 2. The summed E-state index contributed by atoms with van der Waals surface area (Å²) in [4.78, 5) is 14.5. The zero-order chi connectivity index (χ0) is 20.5. The fourth-order valence-corrected chi connectivity index (χ4v) is 3.64. The van der Waals surface area contributed by atoms with Crippen LogP contribution in [0.1, 0.15) is 5.56 Å². The van der Waals surface area contributed by atoms with Crippen molar-refractivity contribution in [1.29, 1.82) is 5.26 Å². The summed E-state index contributed by atoms with van der Waals surface area (Å²) in [7, 11) is 0. The smallest absolute Gasteiger partial charge is 0.267 e. The Morgan fingerprint density at radius 3 is 2.45 bits per heavy atom. The van der Waals surface area contributed by atoms with Crippen molar-refractivity contribution in [2.75, 3.05) is 5.32 Å². The van der Waals surface area contributed by atoms with Crippen LogP contribution in [0.3, 0.4) is 0 Å². The predicted molar refractivity (Wildman–Crippen MR) is 118 cm³/mol. The van der Waals surface area contributed by atoms with Gasteiger partial charge in [0.05, 0.1) is 5.69 Å². The molecule has 0 saturated carbocycles. The third-order valence-corrected chi connectivity index (χ3v) is 5.42. The summed E-state index contributed by atoms with van der Waals surface area (Å²) in [6.07, 6.45) is 1.41. The van der Waals surface area contributed by atoms with Crippen LogP contribution in [0.4, 0.5) is 5.69 Å². The minimum absolute atomic E-state index is 0.0171. The maximum Gasteiger partial charge on any atom is 0.267 e. The van der Waals surface area contributed by atoms with Crippen molar-refractivity contribution in [3.63, 3.8) is 0 Å². The summed E-state index contributed by atoms with van der Waals surface area (Å²) in [5, 5.41) is 15.8. The Morgan fingerprint density at radius 2 is 1.69 bits per heavy atom. The SMILES string of the molecule is N#C/C(=C/NCc1ccccc1Cl)C(=O)Nc1ccccc1Sc1ccccc1. The average Bonchev–Trinajstić information content (AvgIpc) is 2.74. The van der Waals surface area contributed by atoms with Crippen molar-refractivity contribution < 1.29 is 4.79 Å². The molecule has 2 N–H and O–H groups in total. The monoisotopic (exact) mass is 419 g/mol. The fraction of sp³-hybridized carbons (Fsp3) is 0.0435. The number of carbonyl (C=O) groups is 1. The van der Waals surface area contributed by atoms with Gasteiger partial charge in [0, 0.05) is 27.6 Å². The van der Waals surface area contributed by atoms with E-state index in [-0.39, 0.29) is 5.57 Å². The Balaban J connectivity index is 1.68. The number of carbonyl (C=O) groups excluding carboxylic acids is 1. The average molecular weight is 420 g/mol. The van der Waals surface area contributed by atoms with Crippen LogP contribution in [0.15, 0.2) is 100 Å². The van der Waals surface area contributed by atoms with Crippen molar-refractivity contribution >= 4 is 35.0 Å². The summed E-state index contributed by atoms with van der Waals surface area (Å²) in [6.45, 7) is 0.415. The molecule has 6 heteroatoms. The topological polar surface area (TPSA) is 64.9 Å². The molecular weight excluding hydrogens is 402 g/mol. The van der Waals surface area contributed by atoms with Gasteiger partial charge >= 0.3 is 0 Å². The van der Waals surface area contributed by atoms with Gasteiger partial charge in [0.15, 0.2) is 0 Å². The van der Waals surface area contributed by atoms with E-state index in [9.17, 15) is 10.1 Å². The molecule has 0 aliphatic rings. The number of rotatable bonds is 7. The largest absolute Gasteiger partial charge is 0.386 e. The van der Waals surface area contributed by atoms with E-state index >= 15 is 0 Å². The second-order valence-corrected chi connectivity index (χ2v) is 7.53. The summed E-state index contributed by atoms with van der Waals surface area (Å²) < 4.78 is 0. The van der Waals surface area contributed by atoms with E-state index in [0.29, 0.717) is 17.3 Å². The Bertz CT molecular complexity index is 1060. The first kappa shape index (κ1) is 20.5. The second-order valence-electron chi connectivity index (χ2n) is 6.01. The van der Waals surface area contributed by atoms with Crippen molar-refractivity contribution in [3.8, 4) is 6.07 Å². The highest BCUT2D eigenvalue weighted by Gasteiger charge is 2.12. The van der Waals surface area contributed by atoms with Gasteiger partial charge in [-0.15, -0.1) is 0 Å². The van der Waals surface area contributed by atoms with Gasteiger partial charge in [-0.3, -0.25) is 4.79 Å². The van der Waals surface area contributed by atoms with Crippen LogP contribution in [-0.4, -0.2) is 5.91 Å². The molecule has 0 aliphatic carbocycles. The van der Waals surface area contributed by atoms with Gasteiger partial charge in [0.1, 0.15) is 11.6 Å². The van der Waals surface area contributed by atoms with Crippen LogP contribution in [0.2, 0.25) is 5.02 Å². The van der Waals surface area contributed by atoms with Gasteiger partial charge in [0.2, 0.25) is 0 Å². The minimum Gasteiger partial charge on any atom is -0.386 e. The highest BCUT2D eigenvalue weighted by Crippen LogP contribution is 2.33. The molecule has 0 unspecified atom stereocenters. The first-order valence-corrected chi connectivity index (χ1v) is 10.1. The number of hydrogen-bond donors (Lipinski definition) is 2. The van der Waals surface area contributed by atoms with Crippen molar-refractivity contribution in [1.82, 2.24) is 5.32 Å². The number of halogens is 1. The van der Waals surface area contributed by atoms with E-state index in [1.807, 2.05) is 78.9 Å². The fourth-order valence-electron chi connectivity index (χ4n) is 2.52. The lowest BCUT2D eigenvalue weighted by Gasteiger charge is -2.10. The molecule has 3 rings (SSSR count). The van der Waals surface area contributed by atoms with Gasteiger partial charge in [-0.25, -0.2) is 0 Å². The number of hydrogen-bond acceptors (Lipinski definition) is 4. The summed E-state index contributed by atoms with van der Waals surface area (Å²) in [6, 6.07) is 26.7. The summed E-state index contributed by atoms with van der Waals surface area (Å²) in [5.74, 6) is -0.472. The molecule has 29 heavy (non-hydrogen) atoms. The van der Waals surface area contributed by atoms with Crippen LogP contribution < -0.4 is 10.6 Å². The number of para-hydroxylation sites is 1. The van der Waals surface area contributed by atoms with E-state index in [0.717, 1.165) is 15.4 Å². The maximum absolute atomic E-state index is 12.6. The van der Waals surface area contributed by atoms with Crippen molar-refractivity contribution in [2.24, 2.45) is 0 Å². The molecule has 0 heterocycles. The van der Waals surface area contributed by atoms with Crippen LogP contribution in [0, 0.1) is 11.3 Å². The van der Waals surface area contributed by atoms with Crippen LogP contribution in [0.25, 0.3) is 0 Å². The number of nitrogens with zero attached hydrogens (tertiary/aromatic N) is 1. The van der Waals surface area contributed by atoms with Crippen molar-refractivity contribution in [3.05, 3.63) is 101 Å². The number of nitriles is 1. The molecular formula is C23H18ClN3OS. The number of benzene rings is 3. The van der Waals surface area contributed by atoms with Gasteiger partial charge < -0.3 is 10.6 Å². The van der Waals surface area contributed by atoms with Gasteiger partial charge in [-0.1, -0.05) is 71.9 Å². The second kappa shape index (κ2) is 10.4. The third-order valence-electron chi connectivity index (χ3n) is 3.97. The van der Waals surface area contributed by atoms with Gasteiger partial charge in [0.25, 0.3) is 5.91 Å². The molecule has 3 aromatic rings. The third kappa shape index (κ3) is 5.89. The molecule has 3 aromatic carbocycles. The molecule has 0 bridgehead atoms. The van der Waals surface area contributed by atoms with Crippen LogP contribution in [-0.2, 0) is 11.3 Å². The zero-order valence-corrected chi connectivity index (χ0v) is 17.0. The van der Waals surface area contributed by atoms with E-state index in [4.69, 9.17) is 11.6 Å². The molecule has 0 fully saturated rings. The molecule has 0 aromatic heterocycles. The van der Waals surface area contributed by atoms with Crippen molar-refractivity contribution in [2.45, 2.75) is 16.3 Å². The molecule has 0 radical (unpaired) electrons. The van der Waals surface area contributed by atoms with Crippen LogP contribution in [0.5, 0.6) is 0 Å². The molecule has 0 spiro atoms. The van der Waals surface area contributed by atoms with Crippen LogP contribution >= 0.6 is 23.4 Å². The molecule has 4 nitrogen and oxygen atoms in total. The number of anilines is 1. The first-order chi connectivity index (χ1) is 14.2. The number of amides is 1. The van der Waals surface area contributed by atoms with E-state index < -0.39 is 5.91 Å². The standard InChI is InChI=1S/C23H18ClN3OS/c24-20-11-5-4-8-17(20)15-26-16-18(14-25)23(28)27-21-12-6-7-13-22(21)29-19-9-2-1-3-10-19/h1-13,16,26H,15H2,(H,27,28)/b18-16-. The maximum atomic E-state index is 12.6. The van der Waals surface area contributed by atoms with E-state index in [1.54, 1.807) is 17.8 Å². The molecule has 0 saturated heterocycles. The predicted octanol–water partition coefficient (Wildman–Crippen LogP) is 5.63. The first-order valence-electron chi connectivity index (χ1n) is 8.87. The Labute approximate surface area is 179 Å². The highest BCUT2D eigenvalue weighted by molar-refractivity contribution is 7.99. The molecule has 0 atom stereocenters. The Morgan fingerprint density at radius 1 is 1.00 bits per heavy atom. The molecule has 1 amide bonds. The van der Waals surface area contributed by atoms with Gasteiger partial charge in [-0.2, -0.15) is 5.26 Å². The Hall–Kier alpha value is -3.20. The lowest BCUT2D eigenvalue weighted by molar-refractivity contribution is -0.112. The Kier molecular flexibility index (Phi) is 7.34. The summed E-state index contributed by atoms with van der Waals surface area (Å²) >= 11 is 7.66. The zero-order valence-electron chi connectivity index (χ0n) is 15.4. The molecule has 144 valence electrons. The highest BCUT2D eigenvalue weighted by atomic mass is 35.5. The molecule has 0 aliphatic heterocycles. The summed E-state index contributed by atoms with van der Waals surface area (Å²) in [5.41, 5.74) is 1.52. The van der Waals surface area contributed by atoms with E-state index in [1.165, 1.54) is 6.20 Å². The normalized spacial score (nSPS) is 10.8. The quantitative estimate of drug-likeness (QED) is 0.385. The lowest BCUT2D eigenvalue weighted by atomic mass is 10.2. The lowest BCUT2D eigenvalue weighted by Crippen LogP contribution is -2.17. The van der Waals surface area contributed by atoms with E-state index in [2.05, 4.69) is 10.6 Å². The minimum atomic E-state index is -0.472.